The van der Waals surface area contributed by atoms with Gasteiger partial charge in [0.1, 0.15) is 0 Å². The van der Waals surface area contributed by atoms with Gasteiger partial charge in [0.2, 0.25) is 5.91 Å². The maximum Gasteiger partial charge on any atom is 0.239 e. The van der Waals surface area contributed by atoms with Gasteiger partial charge in [-0.3, -0.25) is 4.79 Å². The van der Waals surface area contributed by atoms with E-state index in [4.69, 9.17) is 0 Å². The summed E-state index contributed by atoms with van der Waals surface area (Å²) in [5.41, 5.74) is 0. The minimum atomic E-state index is -0.0596. The van der Waals surface area contributed by atoms with Crippen molar-refractivity contribution in [1.29, 1.82) is 0 Å². The summed E-state index contributed by atoms with van der Waals surface area (Å²) in [7, 11) is 1.86. The molecule has 1 N–H and O–H groups in total. The van der Waals surface area contributed by atoms with Crippen molar-refractivity contribution in [2.45, 2.75) is 59.4 Å². The quantitative estimate of drug-likeness (QED) is 0.674. The number of nitrogens with zero attached hydrogens (tertiary/aromatic N) is 1. The Kier molecular flexibility index (Phi) is 9.14. The molecule has 0 aromatic rings. The van der Waals surface area contributed by atoms with Crippen LogP contribution in [0.5, 0.6) is 0 Å². The van der Waals surface area contributed by atoms with E-state index in [1.165, 1.54) is 25.7 Å². The van der Waals surface area contributed by atoms with Crippen LogP contribution in [0.3, 0.4) is 0 Å². The monoisotopic (exact) mass is 242 g/mol. The highest BCUT2D eigenvalue weighted by Crippen LogP contribution is 2.11. The molecular weight excluding hydrogens is 212 g/mol. The van der Waals surface area contributed by atoms with Crippen LogP contribution < -0.4 is 5.32 Å². The average Bonchev–Trinajstić information content (AvgIpc) is 2.36. The fourth-order valence-electron chi connectivity index (χ4n) is 1.86. The van der Waals surface area contributed by atoms with E-state index in [1.807, 2.05) is 20.9 Å². The SMILES string of the molecule is CCCCC(CC)CNC(C)C(=O)N(C)CC. The van der Waals surface area contributed by atoms with E-state index in [0.29, 0.717) is 5.92 Å². The topological polar surface area (TPSA) is 32.3 Å². The van der Waals surface area contributed by atoms with Gasteiger partial charge in [-0.2, -0.15) is 0 Å². The second-order valence-electron chi connectivity index (χ2n) is 4.90. The Morgan fingerprint density at radius 1 is 1.29 bits per heavy atom. The van der Waals surface area contributed by atoms with Crippen LogP contribution in [0.2, 0.25) is 0 Å². The molecule has 0 aliphatic rings. The van der Waals surface area contributed by atoms with Gasteiger partial charge < -0.3 is 10.2 Å². The fourth-order valence-corrected chi connectivity index (χ4v) is 1.86. The number of hydrogen-bond acceptors (Lipinski definition) is 2. The summed E-state index contributed by atoms with van der Waals surface area (Å²) >= 11 is 0. The Labute approximate surface area is 107 Å². The Hall–Kier alpha value is -0.570. The number of nitrogens with one attached hydrogen (secondary N) is 1. The van der Waals surface area contributed by atoms with E-state index < -0.39 is 0 Å². The Balaban J connectivity index is 3.94. The van der Waals surface area contributed by atoms with Crippen molar-refractivity contribution < 1.29 is 4.79 Å². The number of carbonyl (C=O) groups excluding carboxylic acids is 1. The van der Waals surface area contributed by atoms with Gasteiger partial charge in [-0.05, 0) is 32.7 Å². The highest BCUT2D eigenvalue weighted by molar-refractivity contribution is 5.81. The van der Waals surface area contributed by atoms with Crippen LogP contribution >= 0.6 is 0 Å². The van der Waals surface area contributed by atoms with Gasteiger partial charge in [-0.25, -0.2) is 0 Å². The predicted molar refractivity (Wildman–Crippen MR) is 74.1 cm³/mol. The number of unbranched alkanes of at least 4 members (excludes halogenated alkanes) is 1. The van der Waals surface area contributed by atoms with E-state index in [9.17, 15) is 4.79 Å². The van der Waals surface area contributed by atoms with Gasteiger partial charge in [0.25, 0.3) is 0 Å². The molecular formula is C14H30N2O. The molecule has 0 heterocycles. The van der Waals surface area contributed by atoms with Gasteiger partial charge in [-0.15, -0.1) is 0 Å². The minimum absolute atomic E-state index is 0.0596. The van der Waals surface area contributed by atoms with Crippen LogP contribution in [0.15, 0.2) is 0 Å². The Bertz CT molecular complexity index is 206. The number of carbonyl (C=O) groups is 1. The lowest BCUT2D eigenvalue weighted by Gasteiger charge is -2.23. The van der Waals surface area contributed by atoms with Crippen molar-refractivity contribution >= 4 is 5.91 Å². The molecule has 0 rings (SSSR count). The largest absolute Gasteiger partial charge is 0.345 e. The van der Waals surface area contributed by atoms with Gasteiger partial charge >= 0.3 is 0 Å². The smallest absolute Gasteiger partial charge is 0.239 e. The molecule has 1 amide bonds. The third-order valence-corrected chi connectivity index (χ3v) is 3.48. The van der Waals surface area contributed by atoms with Crippen LogP contribution in [0.1, 0.15) is 53.4 Å². The summed E-state index contributed by atoms with van der Waals surface area (Å²) in [5.74, 6) is 0.898. The first-order chi connectivity index (χ1) is 8.06. The summed E-state index contributed by atoms with van der Waals surface area (Å²) in [6, 6.07) is -0.0596. The second-order valence-corrected chi connectivity index (χ2v) is 4.90. The van der Waals surface area contributed by atoms with E-state index in [-0.39, 0.29) is 11.9 Å². The molecule has 0 radical (unpaired) electrons. The van der Waals surface area contributed by atoms with Gasteiger partial charge in [0.15, 0.2) is 0 Å². The third-order valence-electron chi connectivity index (χ3n) is 3.48. The van der Waals surface area contributed by atoms with Gasteiger partial charge in [0, 0.05) is 13.6 Å². The standard InChI is InChI=1S/C14H30N2O/c1-6-9-10-13(7-2)11-15-12(4)14(17)16(5)8-3/h12-13,15H,6-11H2,1-5H3. The van der Waals surface area contributed by atoms with Crippen LogP contribution in [0.25, 0.3) is 0 Å². The first kappa shape index (κ1) is 16.4. The molecule has 0 aromatic carbocycles. The molecule has 0 aliphatic carbocycles. The zero-order valence-corrected chi connectivity index (χ0v) is 12.3. The lowest BCUT2D eigenvalue weighted by Crippen LogP contribution is -2.44. The molecule has 3 heteroatoms. The minimum Gasteiger partial charge on any atom is -0.345 e. The molecule has 2 unspecified atom stereocenters. The molecule has 0 fully saturated rings. The fraction of sp³-hybridized carbons (Fsp3) is 0.929. The summed E-state index contributed by atoms with van der Waals surface area (Å²) in [6.45, 7) is 10.1. The highest BCUT2D eigenvalue weighted by atomic mass is 16.2. The maximum absolute atomic E-state index is 11.9. The lowest BCUT2D eigenvalue weighted by atomic mass is 9.99. The zero-order chi connectivity index (χ0) is 13.3. The summed E-state index contributed by atoms with van der Waals surface area (Å²) in [4.78, 5) is 13.6. The summed E-state index contributed by atoms with van der Waals surface area (Å²) in [5, 5.41) is 3.37. The van der Waals surface area contributed by atoms with Crippen LogP contribution in [0, 0.1) is 5.92 Å². The lowest BCUT2D eigenvalue weighted by molar-refractivity contribution is -0.131. The molecule has 3 nitrogen and oxygen atoms in total. The van der Waals surface area contributed by atoms with Crippen molar-refractivity contribution in [1.82, 2.24) is 10.2 Å². The van der Waals surface area contributed by atoms with Crippen molar-refractivity contribution in [2.75, 3.05) is 20.1 Å². The van der Waals surface area contributed by atoms with Gasteiger partial charge in [-0.1, -0.05) is 33.1 Å². The Morgan fingerprint density at radius 2 is 1.94 bits per heavy atom. The number of likely N-dealkylation sites (N-methyl/N-ethyl adjacent to an activating group) is 1. The predicted octanol–water partition coefficient (Wildman–Crippen LogP) is 2.66. The second kappa shape index (κ2) is 9.46. The molecule has 0 saturated carbocycles. The van der Waals surface area contributed by atoms with Crippen LogP contribution in [0.4, 0.5) is 0 Å². The molecule has 2 atom stereocenters. The molecule has 0 spiro atoms. The van der Waals surface area contributed by atoms with E-state index in [2.05, 4.69) is 19.2 Å². The number of rotatable bonds is 9. The molecule has 0 aliphatic heterocycles. The first-order valence-corrected chi connectivity index (χ1v) is 7.05. The van der Waals surface area contributed by atoms with E-state index >= 15 is 0 Å². The van der Waals surface area contributed by atoms with E-state index in [1.54, 1.807) is 4.90 Å². The molecule has 0 aromatic heterocycles. The number of amides is 1. The van der Waals surface area contributed by atoms with E-state index in [0.717, 1.165) is 13.1 Å². The number of hydrogen-bond donors (Lipinski definition) is 1. The maximum atomic E-state index is 11.9. The van der Waals surface area contributed by atoms with Crippen molar-refractivity contribution in [3.8, 4) is 0 Å². The van der Waals surface area contributed by atoms with Gasteiger partial charge in [0.05, 0.1) is 6.04 Å². The molecule has 0 bridgehead atoms. The molecule has 102 valence electrons. The molecule has 0 saturated heterocycles. The van der Waals surface area contributed by atoms with Crippen molar-refractivity contribution in [3.05, 3.63) is 0 Å². The van der Waals surface area contributed by atoms with Crippen molar-refractivity contribution in [3.63, 3.8) is 0 Å². The zero-order valence-electron chi connectivity index (χ0n) is 12.3. The normalized spacial score (nSPS) is 14.4. The van der Waals surface area contributed by atoms with Crippen LogP contribution in [-0.4, -0.2) is 37.0 Å². The summed E-state index contributed by atoms with van der Waals surface area (Å²) < 4.78 is 0. The van der Waals surface area contributed by atoms with Crippen molar-refractivity contribution in [2.24, 2.45) is 5.92 Å². The molecule has 17 heavy (non-hydrogen) atoms. The first-order valence-electron chi connectivity index (χ1n) is 7.05. The van der Waals surface area contributed by atoms with Crippen LogP contribution in [-0.2, 0) is 4.79 Å². The highest BCUT2D eigenvalue weighted by Gasteiger charge is 2.16. The third kappa shape index (κ3) is 6.67. The summed E-state index contributed by atoms with van der Waals surface area (Å²) in [6.07, 6.45) is 5.00. The Morgan fingerprint density at radius 3 is 2.41 bits per heavy atom. The average molecular weight is 242 g/mol.